The number of pyridine rings is 1. The summed E-state index contributed by atoms with van der Waals surface area (Å²) in [5, 5.41) is 9.48. The van der Waals surface area contributed by atoms with E-state index < -0.39 is 6.10 Å². The first-order valence-electron chi connectivity index (χ1n) is 6.94. The standard InChI is InChI=1S/C15H24N2O/c1-11-5-4-6-14(9-11)17(3)15-8-7-13(10-16-15)12(2)18/h7-8,10-12,14,18H,4-6,9H2,1-3H3/t11?,12-,14?/m1/s1. The minimum atomic E-state index is -0.438. The Hall–Kier alpha value is -1.09. The summed E-state index contributed by atoms with van der Waals surface area (Å²) in [4.78, 5) is 6.76. The Balaban J connectivity index is 2.05. The van der Waals surface area contributed by atoms with Crippen LogP contribution in [-0.4, -0.2) is 23.2 Å². The molecule has 100 valence electrons. The van der Waals surface area contributed by atoms with Crippen molar-refractivity contribution in [2.24, 2.45) is 5.92 Å². The number of rotatable bonds is 3. The highest BCUT2D eigenvalue weighted by molar-refractivity contribution is 5.40. The van der Waals surface area contributed by atoms with Crippen molar-refractivity contribution in [3.05, 3.63) is 23.9 Å². The molecule has 3 heteroatoms. The van der Waals surface area contributed by atoms with Gasteiger partial charge in [0, 0.05) is 19.3 Å². The molecule has 2 rings (SSSR count). The van der Waals surface area contributed by atoms with E-state index in [1.165, 1.54) is 25.7 Å². The number of hydrogen-bond donors (Lipinski definition) is 1. The van der Waals surface area contributed by atoms with Crippen LogP contribution in [0.5, 0.6) is 0 Å². The zero-order chi connectivity index (χ0) is 13.1. The maximum atomic E-state index is 9.48. The van der Waals surface area contributed by atoms with Crippen LogP contribution >= 0.6 is 0 Å². The summed E-state index contributed by atoms with van der Waals surface area (Å²) in [5.74, 6) is 1.83. The van der Waals surface area contributed by atoms with E-state index in [2.05, 4.69) is 23.9 Å². The summed E-state index contributed by atoms with van der Waals surface area (Å²) in [6.45, 7) is 4.10. The molecular weight excluding hydrogens is 224 g/mol. The lowest BCUT2D eigenvalue weighted by atomic mass is 9.86. The molecule has 1 aliphatic carbocycles. The smallest absolute Gasteiger partial charge is 0.128 e. The van der Waals surface area contributed by atoms with E-state index in [9.17, 15) is 5.11 Å². The lowest BCUT2D eigenvalue weighted by molar-refractivity contribution is 0.199. The molecule has 0 saturated heterocycles. The normalized spacial score (nSPS) is 25.8. The second kappa shape index (κ2) is 5.70. The Morgan fingerprint density at radius 1 is 1.39 bits per heavy atom. The van der Waals surface area contributed by atoms with Crippen molar-refractivity contribution in [2.45, 2.75) is 51.7 Å². The molecule has 0 aliphatic heterocycles. The maximum absolute atomic E-state index is 9.48. The van der Waals surface area contributed by atoms with Crippen LogP contribution in [0.15, 0.2) is 18.3 Å². The number of hydrogen-bond acceptors (Lipinski definition) is 3. The van der Waals surface area contributed by atoms with Crippen molar-refractivity contribution in [1.29, 1.82) is 0 Å². The van der Waals surface area contributed by atoms with Gasteiger partial charge in [-0.05, 0) is 37.3 Å². The fraction of sp³-hybridized carbons (Fsp3) is 0.667. The second-order valence-electron chi connectivity index (χ2n) is 5.66. The highest BCUT2D eigenvalue weighted by Gasteiger charge is 2.23. The van der Waals surface area contributed by atoms with Crippen LogP contribution in [0.1, 0.15) is 51.2 Å². The average Bonchev–Trinajstić information content (AvgIpc) is 2.38. The van der Waals surface area contributed by atoms with E-state index in [0.717, 1.165) is 17.3 Å². The van der Waals surface area contributed by atoms with Gasteiger partial charge in [-0.3, -0.25) is 0 Å². The van der Waals surface area contributed by atoms with Crippen LogP contribution in [0.4, 0.5) is 5.82 Å². The summed E-state index contributed by atoms with van der Waals surface area (Å²) in [6, 6.07) is 4.59. The summed E-state index contributed by atoms with van der Waals surface area (Å²) in [5.41, 5.74) is 0.879. The third-order valence-corrected chi connectivity index (χ3v) is 4.07. The summed E-state index contributed by atoms with van der Waals surface area (Å²) >= 11 is 0. The molecule has 1 saturated carbocycles. The third kappa shape index (κ3) is 3.02. The van der Waals surface area contributed by atoms with Crippen LogP contribution in [-0.2, 0) is 0 Å². The lowest BCUT2D eigenvalue weighted by Gasteiger charge is -2.35. The van der Waals surface area contributed by atoms with Crippen LogP contribution in [0, 0.1) is 5.92 Å². The zero-order valence-electron chi connectivity index (χ0n) is 11.6. The highest BCUT2D eigenvalue weighted by Crippen LogP contribution is 2.29. The molecule has 0 aromatic carbocycles. The molecule has 1 fully saturated rings. The fourth-order valence-corrected chi connectivity index (χ4v) is 2.79. The third-order valence-electron chi connectivity index (χ3n) is 4.07. The second-order valence-corrected chi connectivity index (χ2v) is 5.66. The van der Waals surface area contributed by atoms with E-state index in [1.807, 2.05) is 12.1 Å². The fourth-order valence-electron chi connectivity index (χ4n) is 2.79. The molecule has 0 radical (unpaired) electrons. The van der Waals surface area contributed by atoms with Gasteiger partial charge in [0.2, 0.25) is 0 Å². The number of aromatic nitrogens is 1. The van der Waals surface area contributed by atoms with Gasteiger partial charge in [0.05, 0.1) is 6.10 Å². The lowest BCUT2D eigenvalue weighted by Crippen LogP contribution is -2.36. The van der Waals surface area contributed by atoms with Crippen molar-refractivity contribution in [3.8, 4) is 0 Å². The van der Waals surface area contributed by atoms with E-state index in [-0.39, 0.29) is 0 Å². The van der Waals surface area contributed by atoms with Gasteiger partial charge in [-0.2, -0.15) is 0 Å². The van der Waals surface area contributed by atoms with E-state index in [1.54, 1.807) is 13.1 Å². The minimum absolute atomic E-state index is 0.438. The van der Waals surface area contributed by atoms with Crippen LogP contribution < -0.4 is 4.90 Å². The number of aliphatic hydroxyl groups excluding tert-OH is 1. The zero-order valence-corrected chi connectivity index (χ0v) is 11.6. The number of aliphatic hydroxyl groups is 1. The number of anilines is 1. The topological polar surface area (TPSA) is 36.4 Å². The van der Waals surface area contributed by atoms with Crippen molar-refractivity contribution in [2.75, 3.05) is 11.9 Å². The summed E-state index contributed by atoms with van der Waals surface area (Å²) < 4.78 is 0. The van der Waals surface area contributed by atoms with Crippen LogP contribution in [0.3, 0.4) is 0 Å². The predicted octanol–water partition coefficient (Wildman–Crippen LogP) is 3.15. The van der Waals surface area contributed by atoms with Crippen molar-refractivity contribution >= 4 is 5.82 Å². The molecule has 1 N–H and O–H groups in total. The van der Waals surface area contributed by atoms with E-state index in [0.29, 0.717) is 6.04 Å². The molecule has 3 nitrogen and oxygen atoms in total. The van der Waals surface area contributed by atoms with Gasteiger partial charge in [0.1, 0.15) is 5.82 Å². The monoisotopic (exact) mass is 248 g/mol. The largest absolute Gasteiger partial charge is 0.389 e. The Morgan fingerprint density at radius 2 is 2.17 bits per heavy atom. The van der Waals surface area contributed by atoms with Crippen molar-refractivity contribution in [3.63, 3.8) is 0 Å². The van der Waals surface area contributed by atoms with Crippen LogP contribution in [0.25, 0.3) is 0 Å². The highest BCUT2D eigenvalue weighted by atomic mass is 16.3. The molecule has 1 aliphatic rings. The van der Waals surface area contributed by atoms with Gasteiger partial charge in [-0.25, -0.2) is 4.98 Å². The van der Waals surface area contributed by atoms with Crippen molar-refractivity contribution < 1.29 is 5.11 Å². The Bertz CT molecular complexity index is 375. The maximum Gasteiger partial charge on any atom is 0.128 e. The average molecular weight is 248 g/mol. The molecule has 3 atom stereocenters. The summed E-state index contributed by atoms with van der Waals surface area (Å²) in [6.07, 6.45) is 6.55. The first-order chi connectivity index (χ1) is 8.58. The SMILES string of the molecule is CC1CCCC(N(C)c2ccc([C@@H](C)O)cn2)C1. The van der Waals surface area contributed by atoms with E-state index in [4.69, 9.17) is 0 Å². The molecule has 1 heterocycles. The molecule has 1 aromatic heterocycles. The van der Waals surface area contributed by atoms with E-state index >= 15 is 0 Å². The summed E-state index contributed by atoms with van der Waals surface area (Å²) in [7, 11) is 2.13. The Labute approximate surface area is 110 Å². The Kier molecular flexibility index (Phi) is 4.23. The quantitative estimate of drug-likeness (QED) is 0.892. The predicted molar refractivity (Wildman–Crippen MR) is 74.7 cm³/mol. The molecule has 0 amide bonds. The van der Waals surface area contributed by atoms with Gasteiger partial charge in [0.25, 0.3) is 0 Å². The van der Waals surface area contributed by atoms with Gasteiger partial charge in [-0.15, -0.1) is 0 Å². The van der Waals surface area contributed by atoms with Crippen molar-refractivity contribution in [1.82, 2.24) is 4.98 Å². The molecule has 2 unspecified atom stereocenters. The number of nitrogens with zero attached hydrogens (tertiary/aromatic N) is 2. The van der Waals surface area contributed by atoms with Crippen LogP contribution in [0.2, 0.25) is 0 Å². The van der Waals surface area contributed by atoms with Gasteiger partial charge in [-0.1, -0.05) is 25.8 Å². The minimum Gasteiger partial charge on any atom is -0.389 e. The molecule has 0 spiro atoms. The van der Waals surface area contributed by atoms with Gasteiger partial charge in [0.15, 0.2) is 0 Å². The molecular formula is C15H24N2O. The van der Waals surface area contributed by atoms with Gasteiger partial charge >= 0.3 is 0 Å². The first-order valence-corrected chi connectivity index (χ1v) is 6.94. The van der Waals surface area contributed by atoms with Gasteiger partial charge < -0.3 is 10.0 Å². The first kappa shape index (κ1) is 13.3. The Morgan fingerprint density at radius 3 is 2.72 bits per heavy atom. The molecule has 18 heavy (non-hydrogen) atoms. The molecule has 0 bridgehead atoms. The molecule has 1 aromatic rings.